The summed E-state index contributed by atoms with van der Waals surface area (Å²) in [5.74, 6) is -1.87. The van der Waals surface area contributed by atoms with Gasteiger partial charge in [0, 0.05) is 14.0 Å². The molecule has 0 fully saturated rings. The quantitative estimate of drug-likeness (QED) is 0.403. The maximum Gasteiger partial charge on any atom is 0.347 e. The second-order valence-electron chi connectivity index (χ2n) is 2.20. The summed E-state index contributed by atoms with van der Waals surface area (Å²) in [7, 11) is 1.34. The van der Waals surface area contributed by atoms with E-state index in [1.165, 1.54) is 7.05 Å². The van der Waals surface area contributed by atoms with E-state index in [1.807, 2.05) is 10.6 Å². The molecule has 74 valence electrons. The third-order valence-corrected chi connectivity index (χ3v) is 1.10. The van der Waals surface area contributed by atoms with E-state index in [0.717, 1.165) is 6.92 Å². The lowest BCUT2D eigenvalue weighted by Crippen LogP contribution is -2.54. The van der Waals surface area contributed by atoms with Gasteiger partial charge in [-0.1, -0.05) is 0 Å². The fraction of sp³-hybridized carbons (Fsp3) is 0.500. The Bertz CT molecular complexity index is 228. The minimum atomic E-state index is -1.41. The Balaban J connectivity index is 4.18. The number of rotatable bonds is 3. The summed E-state index contributed by atoms with van der Waals surface area (Å²) in [4.78, 5) is 31.6. The van der Waals surface area contributed by atoms with Crippen LogP contribution in [0, 0.1) is 0 Å². The first-order valence-electron chi connectivity index (χ1n) is 3.45. The molecule has 0 saturated carbocycles. The van der Waals surface area contributed by atoms with Gasteiger partial charge in [-0.2, -0.15) is 0 Å². The molecule has 13 heavy (non-hydrogen) atoms. The SMILES string of the molecule is CNC(=O)N[C@H](NC(C)=O)C(=O)O. The van der Waals surface area contributed by atoms with E-state index in [9.17, 15) is 14.4 Å². The summed E-state index contributed by atoms with van der Waals surface area (Å²) in [5, 5.41) is 14.7. The van der Waals surface area contributed by atoms with E-state index in [0.29, 0.717) is 0 Å². The van der Waals surface area contributed by atoms with Crippen LogP contribution in [0.3, 0.4) is 0 Å². The van der Waals surface area contributed by atoms with Gasteiger partial charge in [0.25, 0.3) is 0 Å². The molecule has 0 aliphatic heterocycles. The predicted octanol–water partition coefficient (Wildman–Crippen LogP) is -1.54. The van der Waals surface area contributed by atoms with Crippen LogP contribution < -0.4 is 16.0 Å². The van der Waals surface area contributed by atoms with Gasteiger partial charge < -0.3 is 21.1 Å². The molecule has 0 aromatic heterocycles. The molecule has 0 saturated heterocycles. The monoisotopic (exact) mass is 189 g/mol. The molecule has 0 rings (SSSR count). The third-order valence-electron chi connectivity index (χ3n) is 1.10. The number of hydrogen-bond donors (Lipinski definition) is 4. The van der Waals surface area contributed by atoms with Crippen molar-refractivity contribution in [3.05, 3.63) is 0 Å². The Kier molecular flexibility index (Phi) is 4.28. The van der Waals surface area contributed by atoms with E-state index in [4.69, 9.17) is 5.11 Å². The lowest BCUT2D eigenvalue weighted by molar-refractivity contribution is -0.142. The van der Waals surface area contributed by atoms with Gasteiger partial charge in [0.1, 0.15) is 0 Å². The van der Waals surface area contributed by atoms with Crippen LogP contribution >= 0.6 is 0 Å². The molecule has 0 aromatic rings. The molecule has 0 aliphatic carbocycles. The van der Waals surface area contributed by atoms with Crippen LogP contribution in [0.15, 0.2) is 0 Å². The average molecular weight is 189 g/mol. The van der Waals surface area contributed by atoms with E-state index >= 15 is 0 Å². The molecule has 0 radical (unpaired) electrons. The summed E-state index contributed by atoms with van der Waals surface area (Å²) in [6.45, 7) is 1.15. The molecule has 0 heterocycles. The second kappa shape index (κ2) is 4.96. The minimum absolute atomic E-state index is 0.538. The van der Waals surface area contributed by atoms with E-state index < -0.39 is 24.1 Å². The highest BCUT2D eigenvalue weighted by Gasteiger charge is 2.19. The van der Waals surface area contributed by atoms with Crippen LogP contribution in [0.4, 0.5) is 4.79 Å². The number of hydrogen-bond acceptors (Lipinski definition) is 3. The van der Waals surface area contributed by atoms with E-state index in [2.05, 4.69) is 5.32 Å². The number of aliphatic carboxylic acids is 1. The van der Waals surface area contributed by atoms with Gasteiger partial charge in [0.05, 0.1) is 0 Å². The maximum absolute atomic E-state index is 10.7. The topological polar surface area (TPSA) is 108 Å². The molecule has 7 nitrogen and oxygen atoms in total. The van der Waals surface area contributed by atoms with Gasteiger partial charge in [-0.3, -0.25) is 4.79 Å². The molecule has 1 atom stereocenters. The second-order valence-corrected chi connectivity index (χ2v) is 2.20. The normalized spacial score (nSPS) is 11.2. The largest absolute Gasteiger partial charge is 0.478 e. The summed E-state index contributed by atoms with van der Waals surface area (Å²) in [6.07, 6.45) is -1.41. The number of carbonyl (C=O) groups is 3. The number of carboxylic acids is 1. The number of carbonyl (C=O) groups excluding carboxylic acids is 2. The van der Waals surface area contributed by atoms with Crippen LogP contribution in [0.5, 0.6) is 0 Å². The van der Waals surface area contributed by atoms with Crippen LogP contribution in [0.2, 0.25) is 0 Å². The Hall–Kier alpha value is -1.79. The highest BCUT2D eigenvalue weighted by Crippen LogP contribution is 1.78. The molecule has 0 aromatic carbocycles. The Morgan fingerprint density at radius 3 is 2.08 bits per heavy atom. The smallest absolute Gasteiger partial charge is 0.347 e. The van der Waals surface area contributed by atoms with Gasteiger partial charge in [0.15, 0.2) is 0 Å². The molecule has 0 unspecified atom stereocenters. The Morgan fingerprint density at radius 2 is 1.77 bits per heavy atom. The molecular weight excluding hydrogens is 178 g/mol. The van der Waals surface area contributed by atoms with Crippen LogP contribution in [0.25, 0.3) is 0 Å². The Morgan fingerprint density at radius 1 is 1.23 bits per heavy atom. The van der Waals surface area contributed by atoms with Gasteiger partial charge >= 0.3 is 12.0 Å². The summed E-state index contributed by atoms with van der Waals surface area (Å²) < 4.78 is 0. The molecular formula is C6H11N3O4. The zero-order chi connectivity index (χ0) is 10.4. The van der Waals surface area contributed by atoms with Crippen LogP contribution in [-0.4, -0.2) is 36.2 Å². The average Bonchev–Trinajstić information content (AvgIpc) is 2.02. The molecule has 4 N–H and O–H groups in total. The summed E-state index contributed by atoms with van der Waals surface area (Å²) in [5.41, 5.74) is 0. The Labute approximate surface area is 74.5 Å². The highest BCUT2D eigenvalue weighted by molar-refractivity contribution is 5.86. The zero-order valence-electron chi connectivity index (χ0n) is 7.25. The van der Waals surface area contributed by atoms with Crippen LogP contribution in [-0.2, 0) is 9.59 Å². The molecule has 7 heteroatoms. The summed E-state index contributed by atoms with van der Waals surface area (Å²) in [6, 6.07) is -0.679. The standard InChI is InChI=1S/C6H11N3O4/c1-3(10)8-4(5(11)12)9-6(13)7-2/h4H,1-2H3,(H,8,10)(H,11,12)(H2,7,9,13)/t4-/m0/s1. The van der Waals surface area contributed by atoms with Gasteiger partial charge in [-0.05, 0) is 0 Å². The van der Waals surface area contributed by atoms with Crippen molar-refractivity contribution in [2.45, 2.75) is 13.1 Å². The lowest BCUT2D eigenvalue weighted by Gasteiger charge is -2.14. The van der Waals surface area contributed by atoms with Crippen molar-refractivity contribution < 1.29 is 19.5 Å². The minimum Gasteiger partial charge on any atom is -0.478 e. The third kappa shape index (κ3) is 4.62. The number of carboxylic acid groups (broad SMARTS) is 1. The predicted molar refractivity (Wildman–Crippen MR) is 42.8 cm³/mol. The lowest BCUT2D eigenvalue weighted by atomic mass is 10.4. The van der Waals surface area contributed by atoms with Crippen molar-refractivity contribution in [2.24, 2.45) is 0 Å². The van der Waals surface area contributed by atoms with Crippen molar-refractivity contribution >= 4 is 17.9 Å². The molecule has 0 bridgehead atoms. The first-order valence-corrected chi connectivity index (χ1v) is 3.45. The zero-order valence-corrected chi connectivity index (χ0v) is 7.25. The molecule has 0 spiro atoms. The first-order chi connectivity index (χ1) is 5.97. The first kappa shape index (κ1) is 11.2. The number of urea groups is 1. The van der Waals surface area contributed by atoms with Gasteiger partial charge in [0.2, 0.25) is 12.1 Å². The number of amides is 3. The van der Waals surface area contributed by atoms with Crippen molar-refractivity contribution in [3.8, 4) is 0 Å². The molecule has 0 aliphatic rings. The van der Waals surface area contributed by atoms with Gasteiger partial charge in [-0.15, -0.1) is 0 Å². The van der Waals surface area contributed by atoms with Crippen LogP contribution in [0.1, 0.15) is 6.92 Å². The maximum atomic E-state index is 10.7. The fourth-order valence-electron chi connectivity index (χ4n) is 0.566. The van der Waals surface area contributed by atoms with Crippen molar-refractivity contribution in [2.75, 3.05) is 7.05 Å². The van der Waals surface area contributed by atoms with Crippen molar-refractivity contribution in [3.63, 3.8) is 0 Å². The highest BCUT2D eigenvalue weighted by atomic mass is 16.4. The summed E-state index contributed by atoms with van der Waals surface area (Å²) >= 11 is 0. The van der Waals surface area contributed by atoms with E-state index in [-0.39, 0.29) is 0 Å². The van der Waals surface area contributed by atoms with Crippen molar-refractivity contribution in [1.82, 2.24) is 16.0 Å². The molecule has 3 amide bonds. The van der Waals surface area contributed by atoms with E-state index in [1.54, 1.807) is 0 Å². The fourth-order valence-corrected chi connectivity index (χ4v) is 0.566. The number of nitrogens with one attached hydrogen (secondary N) is 3. The van der Waals surface area contributed by atoms with Crippen molar-refractivity contribution in [1.29, 1.82) is 0 Å². The van der Waals surface area contributed by atoms with Gasteiger partial charge in [-0.25, -0.2) is 9.59 Å².